The highest BCUT2D eigenvalue weighted by Crippen LogP contribution is 2.25. The summed E-state index contributed by atoms with van der Waals surface area (Å²) in [5, 5.41) is 2.87. The number of nitrogens with zero attached hydrogens (tertiary/aromatic N) is 1. The molecule has 2 aromatic carbocycles. The van der Waals surface area contributed by atoms with Crippen molar-refractivity contribution in [2.24, 2.45) is 0 Å². The molecule has 1 aliphatic heterocycles. The van der Waals surface area contributed by atoms with Crippen LogP contribution in [-0.2, 0) is 32.0 Å². The third-order valence-electron chi connectivity index (χ3n) is 6.00. The van der Waals surface area contributed by atoms with Crippen LogP contribution in [0.3, 0.4) is 0 Å². The van der Waals surface area contributed by atoms with Crippen LogP contribution in [0, 0.1) is 0 Å². The van der Waals surface area contributed by atoms with Gasteiger partial charge in [0.05, 0.1) is 17.3 Å². The van der Waals surface area contributed by atoms with Crippen LogP contribution in [0.4, 0.5) is 5.69 Å². The second-order valence-electron chi connectivity index (χ2n) is 8.27. The number of aryl methyl sites for hydroxylation is 2. The van der Waals surface area contributed by atoms with E-state index in [1.165, 1.54) is 48.2 Å². The van der Waals surface area contributed by atoms with Gasteiger partial charge in [0.25, 0.3) is 5.91 Å². The molecule has 1 aliphatic carbocycles. The number of carbonyl (C=O) groups excluding carboxylic acids is 4. The first-order valence-electron chi connectivity index (χ1n) is 11.0. The number of hydrogen-bond acceptors (Lipinski definition) is 5. The number of carbonyl (C=O) groups is 4. The summed E-state index contributed by atoms with van der Waals surface area (Å²) in [5.41, 5.74) is 4.43. The number of amides is 3. The van der Waals surface area contributed by atoms with Gasteiger partial charge < -0.3 is 10.1 Å². The molecule has 1 fully saturated rings. The van der Waals surface area contributed by atoms with Gasteiger partial charge in [0.1, 0.15) is 0 Å². The molecule has 1 saturated heterocycles. The second-order valence-corrected chi connectivity index (χ2v) is 8.27. The van der Waals surface area contributed by atoms with Crippen molar-refractivity contribution in [3.63, 3.8) is 0 Å². The Morgan fingerprint density at radius 3 is 2.28 bits per heavy atom. The fourth-order valence-corrected chi connectivity index (χ4v) is 4.21. The molecule has 32 heavy (non-hydrogen) atoms. The van der Waals surface area contributed by atoms with Crippen LogP contribution >= 0.6 is 0 Å². The van der Waals surface area contributed by atoms with E-state index >= 15 is 0 Å². The molecule has 0 radical (unpaired) electrons. The van der Waals surface area contributed by atoms with Crippen molar-refractivity contribution in [1.82, 2.24) is 5.32 Å². The molecule has 7 nitrogen and oxygen atoms in total. The van der Waals surface area contributed by atoms with Crippen LogP contribution in [0.1, 0.15) is 65.7 Å². The van der Waals surface area contributed by atoms with Crippen LogP contribution in [0.15, 0.2) is 42.5 Å². The van der Waals surface area contributed by atoms with E-state index in [2.05, 4.69) is 17.4 Å². The summed E-state index contributed by atoms with van der Waals surface area (Å²) in [6.45, 7) is 1.52. The third kappa shape index (κ3) is 4.72. The SMILES string of the molecule is CC(NC(=O)COC(=O)c1ccc(N2C(=O)CCC2=O)cc1)c1ccc2c(c1)CCCC2. The number of ether oxygens (including phenoxy) is 1. The largest absolute Gasteiger partial charge is 0.452 e. The van der Waals surface area contributed by atoms with Crippen molar-refractivity contribution >= 4 is 29.4 Å². The number of imide groups is 1. The van der Waals surface area contributed by atoms with Crippen molar-refractivity contribution in [1.29, 1.82) is 0 Å². The number of esters is 1. The monoisotopic (exact) mass is 434 g/mol. The van der Waals surface area contributed by atoms with Crippen LogP contribution < -0.4 is 10.2 Å². The van der Waals surface area contributed by atoms with Crippen molar-refractivity contribution in [3.8, 4) is 0 Å². The van der Waals surface area contributed by atoms with E-state index in [4.69, 9.17) is 4.74 Å². The molecule has 0 aromatic heterocycles. The quantitative estimate of drug-likeness (QED) is 0.557. The van der Waals surface area contributed by atoms with Crippen LogP contribution in [0.25, 0.3) is 0 Å². The zero-order valence-electron chi connectivity index (χ0n) is 18.1. The Kier molecular flexibility index (Phi) is 6.35. The molecule has 1 N–H and O–H groups in total. The smallest absolute Gasteiger partial charge is 0.338 e. The van der Waals surface area contributed by atoms with Crippen LogP contribution in [0.2, 0.25) is 0 Å². The molecule has 1 atom stereocenters. The predicted molar refractivity (Wildman–Crippen MR) is 118 cm³/mol. The molecular formula is C25H26N2O5. The topological polar surface area (TPSA) is 92.8 Å². The van der Waals surface area contributed by atoms with Gasteiger partial charge >= 0.3 is 5.97 Å². The zero-order chi connectivity index (χ0) is 22.7. The Labute approximate surface area is 186 Å². The van der Waals surface area contributed by atoms with Crippen molar-refractivity contribution in [2.75, 3.05) is 11.5 Å². The van der Waals surface area contributed by atoms with Gasteiger partial charge in [-0.3, -0.25) is 19.3 Å². The molecule has 4 rings (SSSR count). The van der Waals surface area contributed by atoms with E-state index in [9.17, 15) is 19.2 Å². The van der Waals surface area contributed by atoms with Gasteiger partial charge in [-0.2, -0.15) is 0 Å². The Morgan fingerprint density at radius 2 is 1.59 bits per heavy atom. The van der Waals surface area contributed by atoms with E-state index < -0.39 is 5.97 Å². The van der Waals surface area contributed by atoms with E-state index in [0.29, 0.717) is 5.69 Å². The van der Waals surface area contributed by atoms with Crippen molar-refractivity contribution < 1.29 is 23.9 Å². The Hall–Kier alpha value is -3.48. The number of nitrogens with one attached hydrogen (secondary N) is 1. The summed E-state index contributed by atoms with van der Waals surface area (Å²) in [5.74, 6) is -1.54. The minimum atomic E-state index is -0.646. The fraction of sp³-hybridized carbons (Fsp3) is 0.360. The van der Waals surface area contributed by atoms with Gasteiger partial charge in [-0.25, -0.2) is 4.79 Å². The summed E-state index contributed by atoms with van der Waals surface area (Å²) in [4.78, 5) is 49.3. The first-order chi connectivity index (χ1) is 15.4. The summed E-state index contributed by atoms with van der Waals surface area (Å²) in [6.07, 6.45) is 4.99. The molecule has 7 heteroatoms. The minimum absolute atomic E-state index is 0.191. The number of rotatable bonds is 6. The fourth-order valence-electron chi connectivity index (χ4n) is 4.21. The summed E-state index contributed by atoms with van der Waals surface area (Å²) in [6, 6.07) is 12.1. The van der Waals surface area contributed by atoms with Crippen LogP contribution in [-0.4, -0.2) is 30.3 Å². The summed E-state index contributed by atoms with van der Waals surface area (Å²) < 4.78 is 5.13. The lowest BCUT2D eigenvalue weighted by atomic mass is 9.89. The maximum absolute atomic E-state index is 12.3. The Bertz CT molecular complexity index is 1040. The lowest BCUT2D eigenvalue weighted by molar-refractivity contribution is -0.125. The number of anilines is 1. The van der Waals surface area contributed by atoms with Gasteiger partial charge in [-0.05, 0) is 73.6 Å². The highest BCUT2D eigenvalue weighted by atomic mass is 16.5. The number of fused-ring (bicyclic) bond motifs is 1. The molecule has 166 valence electrons. The molecule has 0 spiro atoms. The summed E-state index contributed by atoms with van der Waals surface area (Å²) >= 11 is 0. The standard InChI is InChI=1S/C25H26N2O5/c1-16(19-7-6-17-4-2-3-5-20(17)14-19)26-22(28)15-32-25(31)18-8-10-21(11-9-18)27-23(29)12-13-24(27)30/h6-11,14,16H,2-5,12-13,15H2,1H3,(H,26,28). The van der Waals surface area contributed by atoms with Gasteiger partial charge in [0.15, 0.2) is 6.61 Å². The Balaban J connectivity index is 1.29. The molecule has 0 bridgehead atoms. The molecule has 3 amide bonds. The predicted octanol–water partition coefficient (Wildman–Crippen LogP) is 3.25. The lowest BCUT2D eigenvalue weighted by Gasteiger charge is -2.20. The van der Waals surface area contributed by atoms with Gasteiger partial charge in [-0.15, -0.1) is 0 Å². The van der Waals surface area contributed by atoms with E-state index in [1.54, 1.807) is 0 Å². The average molecular weight is 434 g/mol. The molecule has 0 saturated carbocycles. The average Bonchev–Trinajstić information content (AvgIpc) is 3.15. The molecular weight excluding hydrogens is 408 g/mol. The van der Waals surface area contributed by atoms with E-state index in [-0.39, 0.29) is 48.8 Å². The van der Waals surface area contributed by atoms with Crippen LogP contribution in [0.5, 0.6) is 0 Å². The Morgan fingerprint density at radius 1 is 0.938 bits per heavy atom. The van der Waals surface area contributed by atoms with Crippen molar-refractivity contribution in [2.45, 2.75) is 51.5 Å². The highest BCUT2D eigenvalue weighted by Gasteiger charge is 2.30. The third-order valence-corrected chi connectivity index (χ3v) is 6.00. The van der Waals surface area contributed by atoms with Crippen molar-refractivity contribution in [3.05, 3.63) is 64.7 Å². The van der Waals surface area contributed by atoms with Gasteiger partial charge in [-0.1, -0.05) is 18.2 Å². The first-order valence-corrected chi connectivity index (χ1v) is 11.0. The lowest BCUT2D eigenvalue weighted by Crippen LogP contribution is -2.31. The van der Waals surface area contributed by atoms with Gasteiger partial charge in [0, 0.05) is 12.8 Å². The number of benzene rings is 2. The molecule has 2 aromatic rings. The maximum Gasteiger partial charge on any atom is 0.338 e. The molecule has 1 heterocycles. The molecule has 1 unspecified atom stereocenters. The second kappa shape index (κ2) is 9.34. The maximum atomic E-state index is 12.3. The van der Waals surface area contributed by atoms with E-state index in [1.807, 2.05) is 13.0 Å². The zero-order valence-corrected chi connectivity index (χ0v) is 18.1. The van der Waals surface area contributed by atoms with E-state index in [0.717, 1.165) is 23.3 Å². The normalized spacial score (nSPS) is 16.5. The first kappa shape index (κ1) is 21.7. The molecule has 2 aliphatic rings. The summed E-state index contributed by atoms with van der Waals surface area (Å²) in [7, 11) is 0. The highest BCUT2D eigenvalue weighted by molar-refractivity contribution is 6.19. The van der Waals surface area contributed by atoms with Gasteiger partial charge in [0.2, 0.25) is 11.8 Å². The number of hydrogen-bond donors (Lipinski definition) is 1. The minimum Gasteiger partial charge on any atom is -0.452 e.